The number of hydrogen-bond acceptors (Lipinski definition) is 3. The lowest BCUT2D eigenvalue weighted by Gasteiger charge is -2.14. The summed E-state index contributed by atoms with van der Waals surface area (Å²) in [5.74, 6) is 0. The highest BCUT2D eigenvalue weighted by molar-refractivity contribution is 7.80. The summed E-state index contributed by atoms with van der Waals surface area (Å²) in [4.78, 5) is 2.46. The number of halogens is 1. The summed E-state index contributed by atoms with van der Waals surface area (Å²) >= 11 is 10.9. The standard InChI is InChI=1S/C11H16ClN3S/c1-15(2)6-5-14-10-4-3-8(12)7-9(10)11(13)16/h3-4,7,14H,5-6H2,1-2H3,(H2,13,16). The second kappa shape index (κ2) is 6.03. The van der Waals surface area contributed by atoms with E-state index in [0.29, 0.717) is 10.0 Å². The molecule has 0 aromatic heterocycles. The maximum atomic E-state index is 5.89. The zero-order valence-electron chi connectivity index (χ0n) is 9.46. The van der Waals surface area contributed by atoms with E-state index in [1.807, 2.05) is 26.2 Å². The second-order valence-corrected chi connectivity index (χ2v) is 4.66. The van der Waals surface area contributed by atoms with Gasteiger partial charge in [0, 0.05) is 29.4 Å². The number of rotatable bonds is 5. The lowest BCUT2D eigenvalue weighted by Crippen LogP contribution is -2.22. The van der Waals surface area contributed by atoms with Crippen LogP contribution >= 0.6 is 23.8 Å². The number of thiocarbonyl (C=S) groups is 1. The molecule has 1 aromatic rings. The van der Waals surface area contributed by atoms with Crippen molar-refractivity contribution in [2.75, 3.05) is 32.5 Å². The molecule has 0 heterocycles. The molecule has 3 nitrogen and oxygen atoms in total. The third-order valence-corrected chi connectivity index (χ3v) is 2.58. The Labute approximate surface area is 107 Å². The number of likely N-dealkylation sites (N-methyl/N-ethyl adjacent to an activating group) is 1. The summed E-state index contributed by atoms with van der Waals surface area (Å²) in [5.41, 5.74) is 7.36. The Morgan fingerprint density at radius 2 is 2.19 bits per heavy atom. The minimum absolute atomic E-state index is 0.356. The Morgan fingerprint density at radius 3 is 2.75 bits per heavy atom. The maximum Gasteiger partial charge on any atom is 0.106 e. The Bertz CT molecular complexity index is 379. The quantitative estimate of drug-likeness (QED) is 0.792. The highest BCUT2D eigenvalue weighted by atomic mass is 35.5. The van der Waals surface area contributed by atoms with Gasteiger partial charge in [-0.15, -0.1) is 0 Å². The van der Waals surface area contributed by atoms with E-state index in [9.17, 15) is 0 Å². The van der Waals surface area contributed by atoms with Gasteiger partial charge in [-0.1, -0.05) is 23.8 Å². The molecule has 0 saturated heterocycles. The van der Waals surface area contributed by atoms with Crippen LogP contribution in [0.3, 0.4) is 0 Å². The summed E-state index contributed by atoms with van der Waals surface area (Å²) in [6, 6.07) is 5.50. The van der Waals surface area contributed by atoms with Crippen molar-refractivity contribution >= 4 is 34.5 Å². The van der Waals surface area contributed by atoms with E-state index < -0.39 is 0 Å². The normalized spacial score (nSPS) is 10.5. The van der Waals surface area contributed by atoms with Crippen LogP contribution in [0.4, 0.5) is 5.69 Å². The van der Waals surface area contributed by atoms with E-state index in [-0.39, 0.29) is 0 Å². The third kappa shape index (κ3) is 3.96. The van der Waals surface area contributed by atoms with Crippen LogP contribution in [-0.4, -0.2) is 37.1 Å². The van der Waals surface area contributed by atoms with Crippen LogP contribution in [0.5, 0.6) is 0 Å². The Morgan fingerprint density at radius 1 is 1.50 bits per heavy atom. The van der Waals surface area contributed by atoms with E-state index in [0.717, 1.165) is 24.3 Å². The molecule has 16 heavy (non-hydrogen) atoms. The van der Waals surface area contributed by atoms with Crippen LogP contribution in [0, 0.1) is 0 Å². The predicted octanol–water partition coefficient (Wildman–Crippen LogP) is 1.95. The molecule has 0 amide bonds. The second-order valence-electron chi connectivity index (χ2n) is 3.78. The zero-order chi connectivity index (χ0) is 12.1. The first-order chi connectivity index (χ1) is 7.50. The van der Waals surface area contributed by atoms with Crippen molar-refractivity contribution in [3.63, 3.8) is 0 Å². The van der Waals surface area contributed by atoms with Gasteiger partial charge in [0.2, 0.25) is 0 Å². The maximum absolute atomic E-state index is 5.89. The molecule has 0 spiro atoms. The summed E-state index contributed by atoms with van der Waals surface area (Å²) in [7, 11) is 4.05. The average molecular weight is 258 g/mol. The molecule has 1 aromatic carbocycles. The molecule has 88 valence electrons. The van der Waals surface area contributed by atoms with Crippen LogP contribution in [0.15, 0.2) is 18.2 Å². The third-order valence-electron chi connectivity index (χ3n) is 2.12. The van der Waals surface area contributed by atoms with Gasteiger partial charge in [0.1, 0.15) is 4.99 Å². The van der Waals surface area contributed by atoms with Crippen LogP contribution in [-0.2, 0) is 0 Å². The first kappa shape index (κ1) is 13.2. The summed E-state index contributed by atoms with van der Waals surface area (Å²) in [5, 5.41) is 3.93. The molecule has 0 radical (unpaired) electrons. The van der Waals surface area contributed by atoms with E-state index in [1.54, 1.807) is 6.07 Å². The number of nitrogens with zero attached hydrogens (tertiary/aromatic N) is 1. The van der Waals surface area contributed by atoms with Crippen molar-refractivity contribution in [1.82, 2.24) is 4.90 Å². The molecule has 5 heteroatoms. The molecular formula is C11H16ClN3S. The van der Waals surface area contributed by atoms with Gasteiger partial charge in [0.25, 0.3) is 0 Å². The van der Waals surface area contributed by atoms with Crippen molar-refractivity contribution in [1.29, 1.82) is 0 Å². The number of hydrogen-bond donors (Lipinski definition) is 2. The smallest absolute Gasteiger partial charge is 0.106 e. The van der Waals surface area contributed by atoms with Gasteiger partial charge >= 0.3 is 0 Å². The highest BCUT2D eigenvalue weighted by Crippen LogP contribution is 2.20. The van der Waals surface area contributed by atoms with Crippen molar-refractivity contribution in [3.8, 4) is 0 Å². The monoisotopic (exact) mass is 257 g/mol. The van der Waals surface area contributed by atoms with Crippen molar-refractivity contribution in [2.45, 2.75) is 0 Å². The summed E-state index contributed by atoms with van der Waals surface area (Å²) in [6.07, 6.45) is 0. The molecule has 0 aliphatic carbocycles. The first-order valence-electron chi connectivity index (χ1n) is 4.98. The van der Waals surface area contributed by atoms with Gasteiger partial charge in [-0.25, -0.2) is 0 Å². The van der Waals surface area contributed by atoms with E-state index in [4.69, 9.17) is 29.6 Å². The minimum atomic E-state index is 0.356. The molecule has 0 fully saturated rings. The number of benzene rings is 1. The van der Waals surface area contributed by atoms with Gasteiger partial charge in [-0.3, -0.25) is 0 Å². The fourth-order valence-corrected chi connectivity index (χ4v) is 1.63. The molecule has 0 bridgehead atoms. The summed E-state index contributed by atoms with van der Waals surface area (Å²) in [6.45, 7) is 1.78. The molecule has 0 aliphatic rings. The minimum Gasteiger partial charge on any atom is -0.389 e. The molecule has 3 N–H and O–H groups in total. The number of anilines is 1. The summed E-state index contributed by atoms with van der Waals surface area (Å²) < 4.78 is 0. The van der Waals surface area contributed by atoms with Crippen molar-refractivity contribution < 1.29 is 0 Å². The molecule has 1 rings (SSSR count). The van der Waals surface area contributed by atoms with E-state index in [1.165, 1.54) is 0 Å². The largest absolute Gasteiger partial charge is 0.389 e. The fraction of sp³-hybridized carbons (Fsp3) is 0.364. The van der Waals surface area contributed by atoms with E-state index in [2.05, 4.69) is 10.2 Å². The molecule has 0 aliphatic heterocycles. The Balaban J connectivity index is 2.75. The molecule has 0 saturated carbocycles. The SMILES string of the molecule is CN(C)CCNc1ccc(Cl)cc1C(N)=S. The Kier molecular flexibility index (Phi) is 4.99. The lowest BCUT2D eigenvalue weighted by atomic mass is 10.2. The predicted molar refractivity (Wildman–Crippen MR) is 74.4 cm³/mol. The highest BCUT2D eigenvalue weighted by Gasteiger charge is 2.05. The van der Waals surface area contributed by atoms with Gasteiger partial charge in [0.15, 0.2) is 0 Å². The van der Waals surface area contributed by atoms with Crippen LogP contribution in [0.1, 0.15) is 5.56 Å². The molecule has 0 unspecified atom stereocenters. The lowest BCUT2D eigenvalue weighted by molar-refractivity contribution is 0.425. The number of nitrogens with one attached hydrogen (secondary N) is 1. The topological polar surface area (TPSA) is 41.3 Å². The molecular weight excluding hydrogens is 242 g/mol. The van der Waals surface area contributed by atoms with Crippen molar-refractivity contribution in [2.24, 2.45) is 5.73 Å². The average Bonchev–Trinajstić information content (AvgIpc) is 2.19. The first-order valence-corrected chi connectivity index (χ1v) is 5.77. The number of nitrogens with two attached hydrogens (primary N) is 1. The van der Waals surface area contributed by atoms with Crippen LogP contribution in [0.25, 0.3) is 0 Å². The van der Waals surface area contributed by atoms with Crippen molar-refractivity contribution in [3.05, 3.63) is 28.8 Å². The molecule has 0 atom stereocenters. The van der Waals surface area contributed by atoms with Crippen LogP contribution < -0.4 is 11.1 Å². The van der Waals surface area contributed by atoms with Gasteiger partial charge < -0.3 is 16.0 Å². The van der Waals surface area contributed by atoms with Gasteiger partial charge in [-0.2, -0.15) is 0 Å². The van der Waals surface area contributed by atoms with Gasteiger partial charge in [0.05, 0.1) is 0 Å². The van der Waals surface area contributed by atoms with E-state index >= 15 is 0 Å². The zero-order valence-corrected chi connectivity index (χ0v) is 11.0. The van der Waals surface area contributed by atoms with Crippen LogP contribution in [0.2, 0.25) is 5.02 Å². The van der Waals surface area contributed by atoms with Gasteiger partial charge in [-0.05, 0) is 32.3 Å². The fourth-order valence-electron chi connectivity index (χ4n) is 1.29. The Hall–Kier alpha value is -0.840.